The highest BCUT2D eigenvalue weighted by Crippen LogP contribution is 2.07. The molecule has 0 saturated carbocycles. The highest BCUT2D eigenvalue weighted by molar-refractivity contribution is 5.91. The number of carboxylic acid groups (broad SMARTS) is 1. The first-order valence-electron chi connectivity index (χ1n) is 5.64. The summed E-state index contributed by atoms with van der Waals surface area (Å²) in [5, 5.41) is 25.2. The van der Waals surface area contributed by atoms with Crippen molar-refractivity contribution in [2.75, 3.05) is 5.32 Å². The fourth-order valence-electron chi connectivity index (χ4n) is 1.49. The summed E-state index contributed by atoms with van der Waals surface area (Å²) >= 11 is 0. The van der Waals surface area contributed by atoms with E-state index in [9.17, 15) is 19.7 Å². The third-order valence-corrected chi connectivity index (χ3v) is 2.35. The summed E-state index contributed by atoms with van der Waals surface area (Å²) in [4.78, 5) is 36.0. The fraction of sp³-hybridized carbons (Fsp3) is 0.0909. The van der Waals surface area contributed by atoms with Gasteiger partial charge < -0.3 is 20.5 Å². The third-order valence-electron chi connectivity index (χ3n) is 2.35. The van der Waals surface area contributed by atoms with Gasteiger partial charge in [0.15, 0.2) is 5.69 Å². The van der Waals surface area contributed by atoms with Gasteiger partial charge in [-0.15, -0.1) is 0 Å². The third kappa shape index (κ3) is 3.59. The number of aromatic carboxylic acids is 1. The molecule has 2 rings (SSSR count). The number of carbonyl (C=O) groups excluding carboxylic acids is 1. The maximum atomic E-state index is 11.7. The molecule has 0 fully saturated rings. The first kappa shape index (κ1) is 14.1. The van der Waals surface area contributed by atoms with Crippen molar-refractivity contribution in [3.05, 3.63) is 46.3 Å². The Bertz CT molecular complexity index is 711. The molecule has 0 aromatic carbocycles. The summed E-state index contributed by atoms with van der Waals surface area (Å²) in [5.74, 6) is -2.05. The molecule has 0 unspecified atom stereocenters. The molecular formula is C11H9N5O5. The average Bonchev–Trinajstić information content (AvgIpc) is 2.87. The van der Waals surface area contributed by atoms with E-state index >= 15 is 0 Å². The number of nitrogens with zero attached hydrogens (tertiary/aromatic N) is 4. The predicted octanol–water partition coefficient (Wildman–Crippen LogP) is 0.523. The minimum Gasteiger partial charge on any atom is -0.477 e. The van der Waals surface area contributed by atoms with Crippen LogP contribution in [0, 0.1) is 10.1 Å². The molecule has 0 bridgehead atoms. The molecule has 2 heterocycles. The van der Waals surface area contributed by atoms with E-state index in [1.165, 1.54) is 24.4 Å². The molecule has 0 spiro atoms. The Balaban J connectivity index is 2.02. The summed E-state index contributed by atoms with van der Waals surface area (Å²) in [6.45, 7) is -0.257. The Labute approximate surface area is 117 Å². The second kappa shape index (κ2) is 5.77. The van der Waals surface area contributed by atoms with Crippen LogP contribution in [0.15, 0.2) is 30.5 Å². The van der Waals surface area contributed by atoms with E-state index in [1.54, 1.807) is 0 Å². The normalized spacial score (nSPS) is 10.1. The Kier molecular flexibility index (Phi) is 3.88. The lowest BCUT2D eigenvalue weighted by Gasteiger charge is -2.03. The molecule has 1 amide bonds. The van der Waals surface area contributed by atoms with E-state index in [2.05, 4.69) is 15.4 Å². The number of hydrogen-bond donors (Lipinski definition) is 2. The molecule has 2 aromatic rings. The number of hydrogen-bond acceptors (Lipinski definition) is 6. The van der Waals surface area contributed by atoms with Gasteiger partial charge in [-0.25, -0.2) is 9.78 Å². The summed E-state index contributed by atoms with van der Waals surface area (Å²) < 4.78 is 1.09. The molecule has 2 aromatic heterocycles. The highest BCUT2D eigenvalue weighted by Gasteiger charge is 2.14. The zero-order chi connectivity index (χ0) is 15.4. The second-order valence-corrected chi connectivity index (χ2v) is 3.89. The maximum Gasteiger partial charge on any atom is 0.389 e. The van der Waals surface area contributed by atoms with Gasteiger partial charge in [-0.2, -0.15) is 4.68 Å². The van der Waals surface area contributed by atoms with Crippen molar-refractivity contribution in [1.82, 2.24) is 14.8 Å². The molecular weight excluding hydrogens is 282 g/mol. The van der Waals surface area contributed by atoms with Crippen LogP contribution < -0.4 is 5.32 Å². The van der Waals surface area contributed by atoms with E-state index < -0.39 is 16.8 Å². The summed E-state index contributed by atoms with van der Waals surface area (Å²) in [6.07, 6.45) is 1.29. The zero-order valence-electron chi connectivity index (χ0n) is 10.5. The standard InChI is InChI=1S/C11H9N5O5/c17-10(6-15-5-4-9(14-15)16(20)21)13-8-3-1-2-7(12-8)11(18)19/h1-5H,6H2,(H,18,19)(H,12,13,17). The molecule has 2 N–H and O–H groups in total. The Morgan fingerprint density at radius 2 is 2.14 bits per heavy atom. The van der Waals surface area contributed by atoms with Crippen molar-refractivity contribution in [3.8, 4) is 0 Å². The molecule has 10 nitrogen and oxygen atoms in total. The molecule has 10 heteroatoms. The molecule has 0 saturated heterocycles. The minimum atomic E-state index is -1.21. The minimum absolute atomic E-state index is 0.0709. The number of nitrogens with one attached hydrogen (secondary N) is 1. The Morgan fingerprint density at radius 1 is 1.38 bits per heavy atom. The van der Waals surface area contributed by atoms with E-state index in [0.29, 0.717) is 0 Å². The van der Waals surface area contributed by atoms with Gasteiger partial charge in [0.25, 0.3) is 0 Å². The number of amides is 1. The predicted molar refractivity (Wildman–Crippen MR) is 68.7 cm³/mol. The van der Waals surface area contributed by atoms with Gasteiger partial charge in [-0.1, -0.05) is 6.07 Å². The van der Waals surface area contributed by atoms with Gasteiger partial charge in [0.2, 0.25) is 5.91 Å². The van der Waals surface area contributed by atoms with Crippen LogP contribution in [-0.4, -0.2) is 36.7 Å². The molecule has 0 aliphatic heterocycles. The molecule has 108 valence electrons. The van der Waals surface area contributed by atoms with Crippen LogP contribution in [0.4, 0.5) is 11.6 Å². The summed E-state index contributed by atoms with van der Waals surface area (Å²) in [7, 11) is 0. The second-order valence-electron chi connectivity index (χ2n) is 3.89. The number of anilines is 1. The van der Waals surface area contributed by atoms with Crippen LogP contribution >= 0.6 is 0 Å². The van der Waals surface area contributed by atoms with E-state index in [4.69, 9.17) is 5.11 Å². The van der Waals surface area contributed by atoms with Gasteiger partial charge in [-0.3, -0.25) is 4.79 Å². The number of nitro groups is 1. The quantitative estimate of drug-likeness (QED) is 0.604. The van der Waals surface area contributed by atoms with Crippen molar-refractivity contribution >= 4 is 23.5 Å². The smallest absolute Gasteiger partial charge is 0.389 e. The first-order chi connectivity index (χ1) is 9.95. The molecule has 0 aliphatic rings. The van der Waals surface area contributed by atoms with Gasteiger partial charge in [0.05, 0.1) is 17.4 Å². The van der Waals surface area contributed by atoms with E-state index in [-0.39, 0.29) is 23.9 Å². The lowest BCUT2D eigenvalue weighted by Crippen LogP contribution is -2.20. The monoisotopic (exact) mass is 291 g/mol. The van der Waals surface area contributed by atoms with Gasteiger partial charge in [0, 0.05) is 0 Å². The Hall–Kier alpha value is -3.30. The number of carbonyl (C=O) groups is 2. The van der Waals surface area contributed by atoms with Crippen LogP contribution in [0.3, 0.4) is 0 Å². The van der Waals surface area contributed by atoms with E-state index in [0.717, 1.165) is 10.7 Å². The lowest BCUT2D eigenvalue weighted by atomic mass is 10.3. The van der Waals surface area contributed by atoms with Gasteiger partial charge in [0.1, 0.15) is 12.4 Å². The van der Waals surface area contributed by atoms with Crippen LogP contribution in [0.5, 0.6) is 0 Å². The molecule has 21 heavy (non-hydrogen) atoms. The van der Waals surface area contributed by atoms with Crippen molar-refractivity contribution in [2.45, 2.75) is 6.54 Å². The first-order valence-corrected chi connectivity index (χ1v) is 5.64. The maximum absolute atomic E-state index is 11.7. The van der Waals surface area contributed by atoms with Gasteiger partial charge >= 0.3 is 11.8 Å². The topological polar surface area (TPSA) is 140 Å². The van der Waals surface area contributed by atoms with Gasteiger partial charge in [-0.05, 0) is 17.1 Å². The zero-order valence-corrected chi connectivity index (χ0v) is 10.5. The fourth-order valence-corrected chi connectivity index (χ4v) is 1.49. The Morgan fingerprint density at radius 3 is 2.76 bits per heavy atom. The summed E-state index contributed by atoms with van der Waals surface area (Å²) in [5.41, 5.74) is -0.206. The van der Waals surface area contributed by atoms with Crippen molar-refractivity contribution in [1.29, 1.82) is 0 Å². The van der Waals surface area contributed by atoms with Crippen molar-refractivity contribution in [2.24, 2.45) is 0 Å². The van der Waals surface area contributed by atoms with Crippen LogP contribution in [-0.2, 0) is 11.3 Å². The van der Waals surface area contributed by atoms with Crippen molar-refractivity contribution in [3.63, 3.8) is 0 Å². The van der Waals surface area contributed by atoms with E-state index in [1.807, 2.05) is 0 Å². The van der Waals surface area contributed by atoms with Crippen LogP contribution in [0.1, 0.15) is 10.5 Å². The lowest BCUT2D eigenvalue weighted by molar-refractivity contribution is -0.389. The number of pyridine rings is 1. The van der Waals surface area contributed by atoms with Crippen LogP contribution in [0.2, 0.25) is 0 Å². The average molecular weight is 291 g/mol. The number of rotatable bonds is 5. The van der Waals surface area contributed by atoms with Crippen molar-refractivity contribution < 1.29 is 19.6 Å². The van der Waals surface area contributed by atoms with Crippen LogP contribution in [0.25, 0.3) is 0 Å². The largest absolute Gasteiger partial charge is 0.477 e. The SMILES string of the molecule is O=C(Cn1ccc([N+](=O)[O-])n1)Nc1cccc(C(=O)O)n1. The number of carboxylic acids is 1. The highest BCUT2D eigenvalue weighted by atomic mass is 16.6. The summed E-state index contributed by atoms with van der Waals surface area (Å²) in [6, 6.07) is 5.31. The number of aromatic nitrogens is 3. The molecule has 0 aliphatic carbocycles. The molecule has 0 radical (unpaired) electrons. The molecule has 0 atom stereocenters.